The van der Waals surface area contributed by atoms with Crippen LogP contribution < -0.4 is 5.32 Å². The van der Waals surface area contributed by atoms with Crippen LogP contribution in [0, 0.1) is 0 Å². The van der Waals surface area contributed by atoms with Crippen LogP contribution in [-0.4, -0.2) is 21.4 Å². The highest BCUT2D eigenvalue weighted by molar-refractivity contribution is 8.00. The third kappa shape index (κ3) is 4.06. The molecule has 3 aromatic rings. The lowest BCUT2D eigenvalue weighted by Gasteiger charge is -2.27. The Morgan fingerprint density at radius 3 is 2.78 bits per heavy atom. The van der Waals surface area contributed by atoms with Gasteiger partial charge in [0.05, 0.1) is 11.3 Å². The van der Waals surface area contributed by atoms with Crippen LogP contribution in [0.5, 0.6) is 0 Å². The van der Waals surface area contributed by atoms with Crippen molar-refractivity contribution in [1.82, 2.24) is 15.5 Å². The number of nitrogens with one attached hydrogen (secondary N) is 1. The quantitative estimate of drug-likeness (QED) is 0.665. The maximum atomic E-state index is 12.7. The molecule has 0 aliphatic heterocycles. The first-order chi connectivity index (χ1) is 13.2. The monoisotopic (exact) mass is 379 g/mol. The van der Waals surface area contributed by atoms with Gasteiger partial charge in [-0.1, -0.05) is 54.2 Å². The summed E-state index contributed by atoms with van der Waals surface area (Å²) in [6.07, 6.45) is 3.14. The van der Waals surface area contributed by atoms with Gasteiger partial charge >= 0.3 is 0 Å². The molecule has 0 fully saturated rings. The number of carbonyl (C=O) groups is 1. The SMILES string of the molecule is C[C@H](Sc1nnc(-c2ccccc2)o1)C(=O)N[C@H]1CCCc2ccccc21. The Hall–Kier alpha value is -2.60. The van der Waals surface area contributed by atoms with Crippen molar-refractivity contribution in [2.24, 2.45) is 0 Å². The fraction of sp³-hybridized carbons (Fsp3) is 0.286. The lowest BCUT2D eigenvalue weighted by Crippen LogP contribution is -2.35. The fourth-order valence-electron chi connectivity index (χ4n) is 3.35. The second kappa shape index (κ2) is 7.96. The first-order valence-corrected chi connectivity index (χ1v) is 10.0. The summed E-state index contributed by atoms with van der Waals surface area (Å²) in [6.45, 7) is 1.86. The molecule has 2 atom stereocenters. The van der Waals surface area contributed by atoms with Crippen LogP contribution in [0.2, 0.25) is 0 Å². The average molecular weight is 379 g/mol. The number of carbonyl (C=O) groups excluding carboxylic acids is 1. The average Bonchev–Trinajstić information content (AvgIpc) is 3.17. The molecule has 27 heavy (non-hydrogen) atoms. The van der Waals surface area contributed by atoms with Crippen LogP contribution >= 0.6 is 11.8 Å². The molecule has 0 radical (unpaired) electrons. The molecule has 6 heteroatoms. The molecule has 1 amide bonds. The molecule has 1 aliphatic carbocycles. The first-order valence-electron chi connectivity index (χ1n) is 9.14. The second-order valence-electron chi connectivity index (χ2n) is 6.65. The number of fused-ring (bicyclic) bond motifs is 1. The van der Waals surface area contributed by atoms with Gasteiger partial charge in [0.1, 0.15) is 0 Å². The number of amides is 1. The van der Waals surface area contributed by atoms with Gasteiger partial charge in [-0.2, -0.15) is 0 Å². The Morgan fingerprint density at radius 2 is 1.93 bits per heavy atom. The van der Waals surface area contributed by atoms with Crippen molar-refractivity contribution in [3.63, 3.8) is 0 Å². The number of rotatable bonds is 5. The lowest BCUT2D eigenvalue weighted by atomic mass is 9.88. The lowest BCUT2D eigenvalue weighted by molar-refractivity contribution is -0.121. The molecule has 5 nitrogen and oxygen atoms in total. The maximum absolute atomic E-state index is 12.7. The van der Waals surface area contributed by atoms with E-state index in [0.29, 0.717) is 11.1 Å². The maximum Gasteiger partial charge on any atom is 0.277 e. The zero-order valence-corrected chi connectivity index (χ0v) is 15.9. The molecule has 0 spiro atoms. The molecule has 1 aromatic heterocycles. The molecular formula is C21H21N3O2S. The Bertz CT molecular complexity index is 926. The van der Waals surface area contributed by atoms with E-state index in [1.807, 2.05) is 43.3 Å². The van der Waals surface area contributed by atoms with Crippen molar-refractivity contribution in [1.29, 1.82) is 0 Å². The summed E-state index contributed by atoms with van der Waals surface area (Å²) in [5.41, 5.74) is 3.44. The molecular weight excluding hydrogens is 358 g/mol. The number of benzene rings is 2. The minimum atomic E-state index is -0.317. The third-order valence-electron chi connectivity index (χ3n) is 4.76. The van der Waals surface area contributed by atoms with E-state index in [4.69, 9.17) is 4.42 Å². The Morgan fingerprint density at radius 1 is 1.15 bits per heavy atom. The van der Waals surface area contributed by atoms with Crippen LogP contribution in [0.15, 0.2) is 64.2 Å². The van der Waals surface area contributed by atoms with Crippen LogP contribution in [0.25, 0.3) is 11.5 Å². The predicted octanol–water partition coefficient (Wildman–Crippen LogP) is 4.41. The highest BCUT2D eigenvalue weighted by Crippen LogP contribution is 2.31. The van der Waals surface area contributed by atoms with E-state index in [1.165, 1.54) is 22.9 Å². The van der Waals surface area contributed by atoms with Crippen molar-refractivity contribution in [2.45, 2.75) is 42.7 Å². The Kier molecular flexibility index (Phi) is 5.25. The number of thioether (sulfide) groups is 1. The molecule has 2 aromatic carbocycles. The molecule has 0 saturated heterocycles. The smallest absolute Gasteiger partial charge is 0.277 e. The highest BCUT2D eigenvalue weighted by atomic mass is 32.2. The first kappa shape index (κ1) is 17.8. The minimum Gasteiger partial charge on any atom is -0.411 e. The topological polar surface area (TPSA) is 68.0 Å². The van der Waals surface area contributed by atoms with Crippen LogP contribution in [0.4, 0.5) is 0 Å². The number of hydrogen-bond donors (Lipinski definition) is 1. The number of aromatic nitrogens is 2. The van der Waals surface area contributed by atoms with E-state index in [2.05, 4.69) is 33.7 Å². The summed E-state index contributed by atoms with van der Waals surface area (Å²) in [7, 11) is 0. The van der Waals surface area contributed by atoms with E-state index in [-0.39, 0.29) is 17.2 Å². The van der Waals surface area contributed by atoms with Gasteiger partial charge in [-0.15, -0.1) is 10.2 Å². The normalized spacial score (nSPS) is 17.1. The molecule has 4 rings (SSSR count). The Labute approximate surface area is 162 Å². The van der Waals surface area contributed by atoms with Crippen molar-refractivity contribution in [3.05, 3.63) is 65.7 Å². The van der Waals surface area contributed by atoms with Gasteiger partial charge < -0.3 is 9.73 Å². The summed E-state index contributed by atoms with van der Waals surface area (Å²) in [4.78, 5) is 12.7. The van der Waals surface area contributed by atoms with Crippen LogP contribution in [0.1, 0.15) is 36.9 Å². The molecule has 1 heterocycles. The molecule has 0 saturated carbocycles. The van der Waals surface area contributed by atoms with Crippen molar-refractivity contribution < 1.29 is 9.21 Å². The van der Waals surface area contributed by atoms with Crippen molar-refractivity contribution >= 4 is 17.7 Å². The standard InChI is InChI=1S/C21H21N3O2S/c1-14(27-21-24-23-20(26-21)16-9-3-2-4-10-16)19(25)22-18-13-7-11-15-8-5-6-12-17(15)18/h2-6,8-10,12,14,18H,7,11,13H2,1H3,(H,22,25)/t14-,18-/m0/s1. The van der Waals surface area contributed by atoms with Crippen molar-refractivity contribution in [3.8, 4) is 11.5 Å². The summed E-state index contributed by atoms with van der Waals surface area (Å²) >= 11 is 1.28. The van der Waals surface area contributed by atoms with Gasteiger partial charge in [0, 0.05) is 5.56 Å². The van der Waals surface area contributed by atoms with Crippen molar-refractivity contribution in [2.75, 3.05) is 0 Å². The minimum absolute atomic E-state index is 0.0128. The van der Waals surface area contributed by atoms with Crippen LogP contribution in [0.3, 0.4) is 0 Å². The second-order valence-corrected chi connectivity index (χ2v) is 7.94. The number of aryl methyl sites for hydroxylation is 1. The summed E-state index contributed by atoms with van der Waals surface area (Å²) in [5, 5.41) is 11.4. The zero-order chi connectivity index (χ0) is 18.6. The predicted molar refractivity (Wildman–Crippen MR) is 105 cm³/mol. The van der Waals surface area contributed by atoms with E-state index in [1.54, 1.807) is 0 Å². The summed E-state index contributed by atoms with van der Waals surface area (Å²) in [5.74, 6) is 0.452. The van der Waals surface area contributed by atoms with Gasteiger partial charge in [0.25, 0.3) is 5.22 Å². The number of hydrogen-bond acceptors (Lipinski definition) is 5. The van der Waals surface area contributed by atoms with E-state index in [0.717, 1.165) is 24.8 Å². The van der Waals surface area contributed by atoms with Gasteiger partial charge in [-0.3, -0.25) is 4.79 Å². The van der Waals surface area contributed by atoms with E-state index in [9.17, 15) is 4.79 Å². The third-order valence-corrected chi connectivity index (χ3v) is 5.69. The van der Waals surface area contributed by atoms with E-state index < -0.39 is 0 Å². The van der Waals surface area contributed by atoms with Gasteiger partial charge in [0.15, 0.2) is 0 Å². The summed E-state index contributed by atoms with van der Waals surface area (Å²) in [6, 6.07) is 18.0. The molecule has 0 unspecified atom stereocenters. The van der Waals surface area contributed by atoms with Gasteiger partial charge in [-0.25, -0.2) is 0 Å². The molecule has 1 N–H and O–H groups in total. The zero-order valence-electron chi connectivity index (χ0n) is 15.1. The molecule has 138 valence electrons. The molecule has 0 bridgehead atoms. The van der Waals surface area contributed by atoms with Gasteiger partial charge in [-0.05, 0) is 49.4 Å². The molecule has 1 aliphatic rings. The number of nitrogens with zero attached hydrogens (tertiary/aromatic N) is 2. The van der Waals surface area contributed by atoms with E-state index >= 15 is 0 Å². The largest absolute Gasteiger partial charge is 0.411 e. The fourth-order valence-corrected chi connectivity index (χ4v) is 4.05. The highest BCUT2D eigenvalue weighted by Gasteiger charge is 2.25. The van der Waals surface area contributed by atoms with Crippen LogP contribution in [-0.2, 0) is 11.2 Å². The Balaban J connectivity index is 1.40. The summed E-state index contributed by atoms with van der Waals surface area (Å²) < 4.78 is 5.70. The van der Waals surface area contributed by atoms with Gasteiger partial charge in [0.2, 0.25) is 11.8 Å².